The van der Waals surface area contributed by atoms with Gasteiger partial charge >= 0.3 is 0 Å². The van der Waals surface area contributed by atoms with Crippen molar-refractivity contribution >= 4 is 11.3 Å². The summed E-state index contributed by atoms with van der Waals surface area (Å²) in [7, 11) is 0. The Labute approximate surface area is 118 Å². The molecule has 0 aliphatic rings. The molecule has 2 heterocycles. The van der Waals surface area contributed by atoms with Gasteiger partial charge in [-0.3, -0.25) is 0 Å². The molecule has 0 saturated heterocycles. The average Bonchev–Trinajstić information content (AvgIpc) is 3.09. The summed E-state index contributed by atoms with van der Waals surface area (Å²) in [6, 6.07) is 4.24. The molecule has 2 N–H and O–H groups in total. The van der Waals surface area contributed by atoms with E-state index in [-0.39, 0.29) is 0 Å². The van der Waals surface area contributed by atoms with Crippen LogP contribution in [-0.4, -0.2) is 10.1 Å². The van der Waals surface area contributed by atoms with Crippen molar-refractivity contribution in [1.29, 1.82) is 0 Å². The zero-order valence-electron chi connectivity index (χ0n) is 11.6. The Morgan fingerprint density at radius 2 is 2.11 bits per heavy atom. The molecular formula is C14H21N3OS. The molecule has 2 aromatic heterocycles. The first kappa shape index (κ1) is 14.2. The number of thiophene rings is 1. The second-order valence-electron chi connectivity index (χ2n) is 4.81. The Bertz CT molecular complexity index is 489. The number of hydrogen-bond donors (Lipinski definition) is 1. The van der Waals surface area contributed by atoms with Gasteiger partial charge in [-0.2, -0.15) is 4.98 Å². The van der Waals surface area contributed by atoms with Crippen LogP contribution in [0.3, 0.4) is 0 Å². The summed E-state index contributed by atoms with van der Waals surface area (Å²) in [6.07, 6.45) is 4.53. The van der Waals surface area contributed by atoms with Gasteiger partial charge in [0.2, 0.25) is 5.89 Å². The number of aryl methyl sites for hydroxylation is 2. The van der Waals surface area contributed by atoms with Crippen LogP contribution in [0.5, 0.6) is 0 Å². The third-order valence-corrected chi connectivity index (χ3v) is 4.51. The van der Waals surface area contributed by atoms with Gasteiger partial charge in [-0.15, -0.1) is 11.3 Å². The molecule has 0 aliphatic heterocycles. The number of rotatable bonds is 7. The molecule has 2 rings (SSSR count). The van der Waals surface area contributed by atoms with Gasteiger partial charge in [-0.05, 0) is 37.1 Å². The highest BCUT2D eigenvalue weighted by atomic mass is 32.1. The molecule has 0 atom stereocenters. The molecule has 104 valence electrons. The predicted octanol–water partition coefficient (Wildman–Crippen LogP) is 3.28. The van der Waals surface area contributed by atoms with Crippen molar-refractivity contribution in [3.63, 3.8) is 0 Å². The maximum atomic E-state index is 6.25. The molecule has 0 unspecified atom stereocenters. The van der Waals surface area contributed by atoms with Crippen LogP contribution in [0.4, 0.5) is 0 Å². The van der Waals surface area contributed by atoms with Crippen LogP contribution in [0, 0.1) is 0 Å². The van der Waals surface area contributed by atoms with Crippen molar-refractivity contribution in [2.24, 2.45) is 5.73 Å². The van der Waals surface area contributed by atoms with Crippen LogP contribution >= 0.6 is 11.3 Å². The van der Waals surface area contributed by atoms with E-state index in [0.717, 1.165) is 32.1 Å². The lowest BCUT2D eigenvalue weighted by molar-refractivity contribution is 0.334. The van der Waals surface area contributed by atoms with Gasteiger partial charge in [0.1, 0.15) is 0 Å². The first-order valence-corrected chi connectivity index (χ1v) is 7.70. The van der Waals surface area contributed by atoms with E-state index < -0.39 is 5.54 Å². The molecule has 0 aliphatic carbocycles. The highest BCUT2D eigenvalue weighted by Crippen LogP contribution is 2.23. The fourth-order valence-corrected chi connectivity index (χ4v) is 2.74. The van der Waals surface area contributed by atoms with Crippen LogP contribution in [0.2, 0.25) is 0 Å². The third kappa shape index (κ3) is 3.42. The molecule has 0 spiro atoms. The summed E-state index contributed by atoms with van der Waals surface area (Å²) >= 11 is 1.79. The fraction of sp³-hybridized carbons (Fsp3) is 0.571. The molecule has 0 fully saturated rings. The summed E-state index contributed by atoms with van der Waals surface area (Å²) in [4.78, 5) is 5.84. The molecule has 0 bridgehead atoms. The van der Waals surface area contributed by atoms with E-state index in [1.165, 1.54) is 4.88 Å². The van der Waals surface area contributed by atoms with Gasteiger partial charge in [0.15, 0.2) is 5.82 Å². The van der Waals surface area contributed by atoms with Crippen molar-refractivity contribution in [2.75, 3.05) is 0 Å². The second kappa shape index (κ2) is 6.30. The van der Waals surface area contributed by atoms with Gasteiger partial charge in [-0.25, -0.2) is 0 Å². The van der Waals surface area contributed by atoms with E-state index in [2.05, 4.69) is 41.5 Å². The van der Waals surface area contributed by atoms with Crippen LogP contribution in [-0.2, 0) is 18.4 Å². The van der Waals surface area contributed by atoms with Crippen molar-refractivity contribution in [2.45, 2.75) is 51.5 Å². The maximum Gasteiger partial charge on any atom is 0.226 e. The summed E-state index contributed by atoms with van der Waals surface area (Å²) in [5.41, 5.74) is 5.80. The first-order valence-electron chi connectivity index (χ1n) is 6.82. The molecule has 5 heteroatoms. The minimum atomic E-state index is -0.449. The van der Waals surface area contributed by atoms with Crippen molar-refractivity contribution in [3.8, 4) is 0 Å². The maximum absolute atomic E-state index is 6.25. The molecule has 0 radical (unpaired) electrons. The van der Waals surface area contributed by atoms with E-state index in [0.29, 0.717) is 11.7 Å². The lowest BCUT2D eigenvalue weighted by atomic mass is 9.93. The molecule has 4 nitrogen and oxygen atoms in total. The van der Waals surface area contributed by atoms with E-state index in [4.69, 9.17) is 10.3 Å². The predicted molar refractivity (Wildman–Crippen MR) is 77.1 cm³/mol. The Morgan fingerprint density at radius 3 is 2.74 bits per heavy atom. The summed E-state index contributed by atoms with van der Waals surface area (Å²) in [5.74, 6) is 1.34. The van der Waals surface area contributed by atoms with Gasteiger partial charge in [-0.1, -0.05) is 25.1 Å². The molecule has 0 saturated carbocycles. The summed E-state index contributed by atoms with van der Waals surface area (Å²) in [6.45, 7) is 4.10. The lowest BCUT2D eigenvalue weighted by Crippen LogP contribution is -2.36. The fourth-order valence-electron chi connectivity index (χ4n) is 1.99. The average molecular weight is 279 g/mol. The lowest BCUT2D eigenvalue weighted by Gasteiger charge is -2.21. The Hall–Kier alpha value is -1.20. The normalized spacial score (nSPS) is 11.9. The van der Waals surface area contributed by atoms with E-state index in [9.17, 15) is 0 Å². The minimum absolute atomic E-state index is 0.449. The Morgan fingerprint density at radius 1 is 1.32 bits per heavy atom. The molecule has 2 aromatic rings. The van der Waals surface area contributed by atoms with Crippen LogP contribution in [0.15, 0.2) is 22.0 Å². The van der Waals surface area contributed by atoms with Crippen LogP contribution in [0.25, 0.3) is 0 Å². The summed E-state index contributed by atoms with van der Waals surface area (Å²) in [5, 5.41) is 6.14. The van der Waals surface area contributed by atoms with Gasteiger partial charge in [0.25, 0.3) is 0 Å². The third-order valence-electron chi connectivity index (χ3n) is 3.57. The van der Waals surface area contributed by atoms with Crippen molar-refractivity contribution in [1.82, 2.24) is 10.1 Å². The zero-order chi connectivity index (χ0) is 13.7. The van der Waals surface area contributed by atoms with Gasteiger partial charge < -0.3 is 10.3 Å². The second-order valence-corrected chi connectivity index (χ2v) is 5.84. The van der Waals surface area contributed by atoms with E-state index >= 15 is 0 Å². The number of nitrogens with two attached hydrogens (primary N) is 1. The smallest absolute Gasteiger partial charge is 0.226 e. The van der Waals surface area contributed by atoms with Crippen LogP contribution < -0.4 is 5.73 Å². The van der Waals surface area contributed by atoms with Crippen molar-refractivity contribution in [3.05, 3.63) is 34.1 Å². The highest BCUT2D eigenvalue weighted by Gasteiger charge is 2.28. The van der Waals surface area contributed by atoms with Crippen LogP contribution in [0.1, 0.15) is 49.7 Å². The van der Waals surface area contributed by atoms with Gasteiger partial charge in [0, 0.05) is 11.3 Å². The van der Waals surface area contributed by atoms with Crippen molar-refractivity contribution < 1.29 is 4.52 Å². The molecular weight excluding hydrogens is 258 g/mol. The van der Waals surface area contributed by atoms with E-state index in [1.54, 1.807) is 11.3 Å². The number of aromatic nitrogens is 2. The monoisotopic (exact) mass is 279 g/mol. The molecule has 0 aromatic carbocycles. The number of nitrogens with zero attached hydrogens (tertiary/aromatic N) is 2. The molecule has 0 amide bonds. The topological polar surface area (TPSA) is 64.9 Å². The van der Waals surface area contributed by atoms with E-state index in [1.807, 2.05) is 0 Å². The first-order chi connectivity index (χ1) is 9.18. The largest absolute Gasteiger partial charge is 0.339 e. The Balaban J connectivity index is 1.90. The van der Waals surface area contributed by atoms with Gasteiger partial charge in [0.05, 0.1) is 5.54 Å². The quantitative estimate of drug-likeness (QED) is 0.844. The highest BCUT2D eigenvalue weighted by molar-refractivity contribution is 7.09. The number of hydrogen-bond acceptors (Lipinski definition) is 5. The Kier molecular flexibility index (Phi) is 4.71. The minimum Gasteiger partial charge on any atom is -0.339 e. The SMILES string of the molecule is CCC(N)(CC)c1noc(CCCc2cccs2)n1. The zero-order valence-corrected chi connectivity index (χ0v) is 12.4. The summed E-state index contributed by atoms with van der Waals surface area (Å²) < 4.78 is 5.30. The standard InChI is InChI=1S/C14H21N3OS/c1-3-14(15,4-2)13-16-12(18-17-13)9-5-7-11-8-6-10-19-11/h6,8,10H,3-5,7,9,15H2,1-2H3. The molecule has 19 heavy (non-hydrogen) atoms.